The van der Waals surface area contributed by atoms with E-state index in [-0.39, 0.29) is 13.2 Å². The van der Waals surface area contributed by atoms with Gasteiger partial charge in [0.2, 0.25) is 0 Å². The van der Waals surface area contributed by atoms with Crippen molar-refractivity contribution in [3.63, 3.8) is 0 Å². The fraction of sp³-hybridized carbons (Fsp3) is 0.476. The van der Waals surface area contributed by atoms with Crippen LogP contribution in [0.25, 0.3) is 0 Å². The monoisotopic (exact) mass is 447 g/mol. The number of rotatable bonds is 8. The van der Waals surface area contributed by atoms with Crippen molar-refractivity contribution in [2.24, 2.45) is 0 Å². The van der Waals surface area contributed by atoms with Gasteiger partial charge in [0, 0.05) is 20.8 Å². The summed E-state index contributed by atoms with van der Waals surface area (Å²) in [4.78, 5) is 34.7. The van der Waals surface area contributed by atoms with Crippen LogP contribution in [0.15, 0.2) is 36.5 Å². The van der Waals surface area contributed by atoms with Crippen molar-refractivity contribution in [2.75, 3.05) is 6.61 Å². The molecule has 1 fully saturated rings. The molecule has 1 aromatic carbocycles. The molecule has 0 unspecified atom stereocenters. The topological polar surface area (TPSA) is 128 Å². The molecule has 0 bridgehead atoms. The first-order valence-electron chi connectivity index (χ1n) is 9.99. The van der Waals surface area contributed by atoms with Gasteiger partial charge in [-0.3, -0.25) is 14.4 Å². The molecule has 2 aromatic rings. The summed E-state index contributed by atoms with van der Waals surface area (Å²) in [6.07, 6.45) is -2.54. The first kappa shape index (κ1) is 23.4. The van der Waals surface area contributed by atoms with E-state index < -0.39 is 42.5 Å². The zero-order valence-corrected chi connectivity index (χ0v) is 18.0. The smallest absolute Gasteiger partial charge is 0.303 e. The van der Waals surface area contributed by atoms with Crippen molar-refractivity contribution < 1.29 is 38.1 Å². The normalized spacial score (nSPS) is 22.7. The molecule has 0 spiro atoms. The number of carbonyl (C=O) groups is 3. The molecule has 0 saturated carbocycles. The van der Waals surface area contributed by atoms with E-state index >= 15 is 0 Å². The molecule has 11 heteroatoms. The largest absolute Gasteiger partial charge is 0.456 e. The van der Waals surface area contributed by atoms with E-state index in [0.29, 0.717) is 12.2 Å². The van der Waals surface area contributed by atoms with Gasteiger partial charge in [-0.25, -0.2) is 4.68 Å². The predicted octanol–water partition coefficient (Wildman–Crippen LogP) is 0.994. The molecular weight excluding hydrogens is 422 g/mol. The molecule has 0 amide bonds. The zero-order chi connectivity index (χ0) is 23.1. The first-order chi connectivity index (χ1) is 15.3. The Hall–Kier alpha value is -3.31. The molecule has 4 atom stereocenters. The number of carbonyl (C=O) groups excluding carboxylic acids is 3. The van der Waals surface area contributed by atoms with E-state index in [4.69, 9.17) is 23.7 Å². The molecule has 3 rings (SSSR count). The van der Waals surface area contributed by atoms with E-state index in [1.165, 1.54) is 20.8 Å². The van der Waals surface area contributed by atoms with E-state index in [2.05, 4.69) is 10.3 Å². The molecule has 32 heavy (non-hydrogen) atoms. The Bertz CT molecular complexity index is 932. The second kappa shape index (κ2) is 10.8. The van der Waals surface area contributed by atoms with Gasteiger partial charge in [-0.05, 0) is 5.56 Å². The highest BCUT2D eigenvalue weighted by Gasteiger charge is 2.47. The summed E-state index contributed by atoms with van der Waals surface area (Å²) in [6.45, 7) is 4.05. The Balaban J connectivity index is 1.68. The molecular formula is C21H25N3O8. The Morgan fingerprint density at radius 2 is 1.66 bits per heavy atom. The fourth-order valence-electron chi connectivity index (χ4n) is 3.27. The van der Waals surface area contributed by atoms with Crippen LogP contribution in [0.4, 0.5) is 0 Å². The van der Waals surface area contributed by atoms with Gasteiger partial charge in [-0.2, -0.15) is 0 Å². The molecule has 1 aliphatic rings. The molecule has 11 nitrogen and oxygen atoms in total. The van der Waals surface area contributed by atoms with Crippen LogP contribution in [0.3, 0.4) is 0 Å². The van der Waals surface area contributed by atoms with E-state index in [1.54, 1.807) is 10.9 Å². The van der Waals surface area contributed by atoms with Gasteiger partial charge < -0.3 is 23.7 Å². The number of nitrogens with zero attached hydrogens (tertiary/aromatic N) is 3. The highest BCUT2D eigenvalue weighted by atomic mass is 16.7. The first-order valence-corrected chi connectivity index (χ1v) is 9.99. The Morgan fingerprint density at radius 1 is 1.00 bits per heavy atom. The van der Waals surface area contributed by atoms with Crippen LogP contribution in [0.2, 0.25) is 0 Å². The predicted molar refractivity (Wildman–Crippen MR) is 107 cm³/mol. The Labute approximate surface area is 184 Å². The molecule has 1 aliphatic heterocycles. The summed E-state index contributed by atoms with van der Waals surface area (Å²) in [5.41, 5.74) is 1.59. The van der Waals surface area contributed by atoms with E-state index in [0.717, 1.165) is 5.56 Å². The number of hydrogen-bond acceptors (Lipinski definition) is 10. The van der Waals surface area contributed by atoms with Crippen molar-refractivity contribution >= 4 is 17.9 Å². The fourth-order valence-corrected chi connectivity index (χ4v) is 3.27. The quantitative estimate of drug-likeness (QED) is 0.427. The summed E-state index contributed by atoms with van der Waals surface area (Å²) in [6, 6.07) is 9.77. The highest BCUT2D eigenvalue weighted by Crippen LogP contribution is 2.25. The average molecular weight is 447 g/mol. The maximum absolute atomic E-state index is 11.7. The zero-order valence-electron chi connectivity index (χ0n) is 18.0. The average Bonchev–Trinajstić information content (AvgIpc) is 3.16. The van der Waals surface area contributed by atoms with Gasteiger partial charge in [0.25, 0.3) is 0 Å². The molecule has 0 radical (unpaired) electrons. The maximum Gasteiger partial charge on any atom is 0.303 e. The van der Waals surface area contributed by atoms with Crippen LogP contribution in [-0.4, -0.2) is 64.1 Å². The minimum Gasteiger partial charge on any atom is -0.456 e. The lowest BCUT2D eigenvalue weighted by molar-refractivity contribution is -0.283. The van der Waals surface area contributed by atoms with Crippen LogP contribution >= 0.6 is 0 Å². The summed E-state index contributed by atoms with van der Waals surface area (Å²) in [5.74, 6) is -1.86. The maximum atomic E-state index is 11.7. The summed E-state index contributed by atoms with van der Waals surface area (Å²) >= 11 is 0. The van der Waals surface area contributed by atoms with Gasteiger partial charge in [-0.1, -0.05) is 35.5 Å². The van der Waals surface area contributed by atoms with E-state index in [1.807, 2.05) is 30.3 Å². The van der Waals surface area contributed by atoms with Crippen LogP contribution in [0.1, 0.15) is 32.0 Å². The Morgan fingerprint density at radius 3 is 2.31 bits per heavy atom. The lowest BCUT2D eigenvalue weighted by Gasteiger charge is -2.40. The molecule has 2 heterocycles. The standard InChI is InChI=1S/C21H25N3O8/c1-13(25)30-18-12-29-21(20(32-15(3)27)19(18)31-14(2)26)28-11-17-10-24(23-22-17)9-16-7-5-4-6-8-16/h4-8,10,18-21H,9,11-12H2,1-3H3/t18-,19+,20-,21-/m1/s1. The van der Waals surface area contributed by atoms with Crippen molar-refractivity contribution in [3.8, 4) is 0 Å². The molecule has 1 aromatic heterocycles. The molecule has 172 valence electrons. The number of esters is 3. The highest BCUT2D eigenvalue weighted by molar-refractivity contribution is 5.68. The summed E-state index contributed by atoms with van der Waals surface area (Å²) in [7, 11) is 0. The van der Waals surface area contributed by atoms with Crippen LogP contribution in [0, 0.1) is 0 Å². The van der Waals surface area contributed by atoms with Crippen molar-refractivity contribution in [1.82, 2.24) is 15.0 Å². The van der Waals surface area contributed by atoms with Gasteiger partial charge in [0.05, 0.1) is 26.0 Å². The second-order valence-electron chi connectivity index (χ2n) is 7.20. The Kier molecular flexibility index (Phi) is 7.90. The van der Waals surface area contributed by atoms with Crippen molar-refractivity contribution in [2.45, 2.75) is 58.5 Å². The molecule has 0 N–H and O–H groups in total. The minimum atomic E-state index is -1.14. The third-order valence-electron chi connectivity index (χ3n) is 4.47. The third-order valence-corrected chi connectivity index (χ3v) is 4.47. The minimum absolute atomic E-state index is 0.00223. The SMILES string of the molecule is CC(=O)O[C@@H]1[C@@H](OC(C)=O)[C@H](OCc2cn(Cc3ccccc3)nn2)OC[C@H]1OC(C)=O. The van der Waals surface area contributed by atoms with Gasteiger partial charge in [-0.15, -0.1) is 5.10 Å². The van der Waals surface area contributed by atoms with Crippen LogP contribution in [-0.2, 0) is 51.2 Å². The van der Waals surface area contributed by atoms with Gasteiger partial charge in [0.15, 0.2) is 24.6 Å². The van der Waals surface area contributed by atoms with Crippen LogP contribution < -0.4 is 0 Å². The number of hydrogen-bond donors (Lipinski definition) is 0. The lowest BCUT2D eigenvalue weighted by atomic mass is 10.0. The number of benzene rings is 1. The lowest BCUT2D eigenvalue weighted by Crippen LogP contribution is -2.58. The number of ether oxygens (including phenoxy) is 5. The molecule has 0 aliphatic carbocycles. The van der Waals surface area contributed by atoms with Gasteiger partial charge >= 0.3 is 17.9 Å². The summed E-state index contributed by atoms with van der Waals surface area (Å²) < 4.78 is 28.8. The third kappa shape index (κ3) is 6.59. The second-order valence-corrected chi connectivity index (χ2v) is 7.20. The summed E-state index contributed by atoms with van der Waals surface area (Å²) in [5, 5.41) is 8.15. The van der Waals surface area contributed by atoms with Gasteiger partial charge in [0.1, 0.15) is 5.69 Å². The van der Waals surface area contributed by atoms with E-state index in [9.17, 15) is 14.4 Å². The van der Waals surface area contributed by atoms with Crippen molar-refractivity contribution in [3.05, 3.63) is 47.8 Å². The van der Waals surface area contributed by atoms with Crippen LogP contribution in [0.5, 0.6) is 0 Å². The molecule has 1 saturated heterocycles. The number of aromatic nitrogens is 3. The van der Waals surface area contributed by atoms with Crippen molar-refractivity contribution in [1.29, 1.82) is 0 Å².